The van der Waals surface area contributed by atoms with Gasteiger partial charge in [0.05, 0.1) is 5.56 Å². The second-order valence-electron chi connectivity index (χ2n) is 2.77. The maximum absolute atomic E-state index is 10.8. The van der Waals surface area contributed by atoms with Gasteiger partial charge in [-0.05, 0) is 18.1 Å². The number of anilines is 1. The van der Waals surface area contributed by atoms with Crippen molar-refractivity contribution in [1.82, 2.24) is 4.98 Å². The molecule has 1 aromatic rings. The molecule has 2 heterocycles. The summed E-state index contributed by atoms with van der Waals surface area (Å²) in [7, 11) is 0. The van der Waals surface area contributed by atoms with Crippen molar-refractivity contribution in [2.45, 2.75) is 6.42 Å². The summed E-state index contributed by atoms with van der Waals surface area (Å²) in [5, 5.41) is 3.10. The number of primary amides is 1. The zero-order valence-corrected chi connectivity index (χ0v) is 6.50. The van der Waals surface area contributed by atoms with Gasteiger partial charge in [0, 0.05) is 12.7 Å². The topological polar surface area (TPSA) is 68.0 Å². The zero-order valence-electron chi connectivity index (χ0n) is 6.50. The van der Waals surface area contributed by atoms with Crippen LogP contribution in [0.5, 0.6) is 0 Å². The molecule has 0 unspecified atom stereocenters. The van der Waals surface area contributed by atoms with E-state index in [0.29, 0.717) is 5.56 Å². The molecule has 1 aromatic heterocycles. The van der Waals surface area contributed by atoms with Crippen LogP contribution < -0.4 is 11.1 Å². The first-order valence-electron chi connectivity index (χ1n) is 3.80. The molecule has 0 radical (unpaired) electrons. The van der Waals surface area contributed by atoms with Crippen LogP contribution in [0.3, 0.4) is 0 Å². The Morgan fingerprint density at radius 3 is 3.25 bits per heavy atom. The minimum atomic E-state index is -0.419. The van der Waals surface area contributed by atoms with E-state index in [9.17, 15) is 4.79 Å². The molecule has 1 aliphatic rings. The van der Waals surface area contributed by atoms with Gasteiger partial charge < -0.3 is 11.1 Å². The van der Waals surface area contributed by atoms with Gasteiger partial charge in [-0.2, -0.15) is 0 Å². The van der Waals surface area contributed by atoms with E-state index < -0.39 is 5.91 Å². The highest BCUT2D eigenvalue weighted by Crippen LogP contribution is 2.19. The van der Waals surface area contributed by atoms with Gasteiger partial charge in [-0.3, -0.25) is 4.79 Å². The number of hydrogen-bond acceptors (Lipinski definition) is 3. The molecule has 0 saturated carbocycles. The Labute approximate surface area is 69.8 Å². The number of nitrogens with two attached hydrogens (primary N) is 1. The maximum atomic E-state index is 10.8. The van der Waals surface area contributed by atoms with Crippen molar-refractivity contribution < 1.29 is 4.79 Å². The molecular weight excluding hydrogens is 154 g/mol. The molecule has 1 aliphatic heterocycles. The lowest BCUT2D eigenvalue weighted by Gasteiger charge is -1.99. The smallest absolute Gasteiger partial charge is 0.250 e. The van der Waals surface area contributed by atoms with E-state index >= 15 is 0 Å². The van der Waals surface area contributed by atoms with E-state index in [1.165, 1.54) is 6.20 Å². The molecule has 12 heavy (non-hydrogen) atoms. The molecule has 62 valence electrons. The Balaban J connectivity index is 2.45. The fourth-order valence-electron chi connectivity index (χ4n) is 1.31. The second-order valence-corrected chi connectivity index (χ2v) is 2.77. The Morgan fingerprint density at radius 1 is 1.67 bits per heavy atom. The van der Waals surface area contributed by atoms with Gasteiger partial charge in [-0.25, -0.2) is 4.98 Å². The van der Waals surface area contributed by atoms with Crippen molar-refractivity contribution in [2.24, 2.45) is 5.73 Å². The third kappa shape index (κ3) is 1.01. The van der Waals surface area contributed by atoms with E-state index in [2.05, 4.69) is 10.3 Å². The van der Waals surface area contributed by atoms with E-state index in [1.54, 1.807) is 6.07 Å². The lowest BCUT2D eigenvalue weighted by atomic mass is 10.1. The molecule has 0 aromatic carbocycles. The van der Waals surface area contributed by atoms with Gasteiger partial charge in [0.15, 0.2) is 0 Å². The first-order chi connectivity index (χ1) is 5.77. The predicted molar refractivity (Wildman–Crippen MR) is 44.9 cm³/mol. The van der Waals surface area contributed by atoms with Crippen molar-refractivity contribution in [3.8, 4) is 0 Å². The molecular formula is C8H9N3O. The van der Waals surface area contributed by atoms with E-state index in [0.717, 1.165) is 24.3 Å². The quantitative estimate of drug-likeness (QED) is 0.619. The van der Waals surface area contributed by atoms with Gasteiger partial charge in [-0.15, -0.1) is 0 Å². The molecule has 3 N–H and O–H groups in total. The lowest BCUT2D eigenvalue weighted by molar-refractivity contribution is 0.1000. The Kier molecular flexibility index (Phi) is 1.46. The minimum absolute atomic E-state index is 0.419. The molecule has 0 aliphatic carbocycles. The molecule has 4 nitrogen and oxygen atoms in total. The molecule has 2 rings (SSSR count). The minimum Gasteiger partial charge on any atom is -0.370 e. The highest BCUT2D eigenvalue weighted by atomic mass is 16.1. The van der Waals surface area contributed by atoms with Crippen molar-refractivity contribution >= 4 is 11.7 Å². The zero-order chi connectivity index (χ0) is 8.55. The van der Waals surface area contributed by atoms with Gasteiger partial charge in [0.1, 0.15) is 5.82 Å². The summed E-state index contributed by atoms with van der Waals surface area (Å²) in [6.45, 7) is 0.893. The highest BCUT2D eigenvalue weighted by Gasteiger charge is 2.12. The van der Waals surface area contributed by atoms with Crippen molar-refractivity contribution in [2.75, 3.05) is 11.9 Å². The van der Waals surface area contributed by atoms with E-state index in [4.69, 9.17) is 5.73 Å². The third-order valence-electron chi connectivity index (χ3n) is 1.94. The van der Waals surface area contributed by atoms with Gasteiger partial charge in [0.2, 0.25) is 5.91 Å². The number of fused-ring (bicyclic) bond motifs is 1. The lowest BCUT2D eigenvalue weighted by Crippen LogP contribution is -2.11. The predicted octanol–water partition coefficient (Wildman–Crippen LogP) is 0.148. The van der Waals surface area contributed by atoms with Crippen LogP contribution in [0.4, 0.5) is 5.82 Å². The van der Waals surface area contributed by atoms with Crippen LogP contribution >= 0.6 is 0 Å². The summed E-state index contributed by atoms with van der Waals surface area (Å²) >= 11 is 0. The van der Waals surface area contributed by atoms with Crippen LogP contribution in [0.2, 0.25) is 0 Å². The summed E-state index contributed by atoms with van der Waals surface area (Å²) in [6, 6.07) is 1.80. The normalized spacial score (nSPS) is 13.7. The van der Waals surface area contributed by atoms with Crippen LogP contribution in [0, 0.1) is 0 Å². The van der Waals surface area contributed by atoms with Crippen LogP contribution in [-0.4, -0.2) is 17.4 Å². The number of hydrogen-bond donors (Lipinski definition) is 2. The largest absolute Gasteiger partial charge is 0.370 e. The number of pyridine rings is 1. The molecule has 1 amide bonds. The number of carbonyl (C=O) groups is 1. The Hall–Kier alpha value is -1.58. The Morgan fingerprint density at radius 2 is 2.50 bits per heavy atom. The summed E-state index contributed by atoms with van der Waals surface area (Å²) in [4.78, 5) is 14.8. The number of rotatable bonds is 1. The Bertz CT molecular complexity index is 335. The number of nitrogens with zero attached hydrogens (tertiary/aromatic N) is 1. The average Bonchev–Trinajstić information content (AvgIpc) is 2.49. The summed E-state index contributed by atoms with van der Waals surface area (Å²) < 4.78 is 0. The fourth-order valence-corrected chi connectivity index (χ4v) is 1.31. The number of aromatic nitrogens is 1. The summed E-state index contributed by atoms with van der Waals surface area (Å²) in [5.41, 5.74) is 6.67. The number of carbonyl (C=O) groups excluding carboxylic acids is 1. The standard InChI is InChI=1S/C8H9N3O/c9-7(12)6-3-5-1-2-10-8(5)11-4-6/h3-4H,1-2H2,(H2,9,12)(H,10,11). The van der Waals surface area contributed by atoms with E-state index in [1.807, 2.05) is 0 Å². The van der Waals surface area contributed by atoms with Crippen LogP contribution in [0.15, 0.2) is 12.3 Å². The highest BCUT2D eigenvalue weighted by molar-refractivity contribution is 5.93. The van der Waals surface area contributed by atoms with Crippen molar-refractivity contribution in [1.29, 1.82) is 0 Å². The third-order valence-corrected chi connectivity index (χ3v) is 1.94. The molecule has 0 bridgehead atoms. The molecule has 0 fully saturated rings. The summed E-state index contributed by atoms with van der Waals surface area (Å²) in [5.74, 6) is 0.456. The number of amides is 1. The first kappa shape index (κ1) is 7.09. The summed E-state index contributed by atoms with van der Waals surface area (Å²) in [6.07, 6.45) is 2.42. The van der Waals surface area contributed by atoms with Gasteiger partial charge in [-0.1, -0.05) is 0 Å². The van der Waals surface area contributed by atoms with Gasteiger partial charge in [0.25, 0.3) is 0 Å². The molecule has 0 saturated heterocycles. The second kappa shape index (κ2) is 2.48. The van der Waals surface area contributed by atoms with Crippen molar-refractivity contribution in [3.05, 3.63) is 23.4 Å². The molecule has 0 atom stereocenters. The molecule has 0 spiro atoms. The first-order valence-corrected chi connectivity index (χ1v) is 3.80. The monoisotopic (exact) mass is 163 g/mol. The van der Waals surface area contributed by atoms with E-state index in [-0.39, 0.29) is 0 Å². The van der Waals surface area contributed by atoms with Crippen LogP contribution in [0.25, 0.3) is 0 Å². The molecule has 4 heteroatoms. The fraction of sp³-hybridized carbons (Fsp3) is 0.250. The SMILES string of the molecule is NC(=O)c1cnc2c(c1)CCN2. The number of nitrogens with one attached hydrogen (secondary N) is 1. The van der Waals surface area contributed by atoms with Gasteiger partial charge >= 0.3 is 0 Å². The average molecular weight is 163 g/mol. The van der Waals surface area contributed by atoms with Crippen molar-refractivity contribution in [3.63, 3.8) is 0 Å². The van der Waals surface area contributed by atoms with Crippen LogP contribution in [-0.2, 0) is 6.42 Å². The van der Waals surface area contributed by atoms with Crippen LogP contribution in [0.1, 0.15) is 15.9 Å². The maximum Gasteiger partial charge on any atom is 0.250 e.